The first-order valence-corrected chi connectivity index (χ1v) is 3.76. The standard InChI is InChI=1S/C7H13NO2/c1-8(2-6-4-9-6)3-7-5-10-7/h6-7H,2-5H2,1H3/t6-,7-/m0/s1. The number of ether oxygens (including phenoxy) is 2. The van der Waals surface area contributed by atoms with Gasteiger partial charge in [-0.2, -0.15) is 0 Å². The molecule has 0 aliphatic carbocycles. The molecular weight excluding hydrogens is 130 g/mol. The molecule has 0 aromatic heterocycles. The van der Waals surface area contributed by atoms with Crippen molar-refractivity contribution in [3.05, 3.63) is 0 Å². The number of rotatable bonds is 4. The SMILES string of the molecule is CN(C[C@H]1CO1)C[C@H]1CO1. The molecule has 0 spiro atoms. The van der Waals surface area contributed by atoms with Gasteiger partial charge in [0, 0.05) is 13.1 Å². The minimum atomic E-state index is 0.517. The van der Waals surface area contributed by atoms with Crippen LogP contribution in [0.4, 0.5) is 0 Å². The fourth-order valence-electron chi connectivity index (χ4n) is 1.12. The number of likely N-dealkylation sites (N-methyl/N-ethyl adjacent to an activating group) is 1. The third-order valence-electron chi connectivity index (χ3n) is 1.84. The van der Waals surface area contributed by atoms with Crippen molar-refractivity contribution in [3.8, 4) is 0 Å². The Morgan fingerprint density at radius 2 is 1.60 bits per heavy atom. The third kappa shape index (κ3) is 1.94. The van der Waals surface area contributed by atoms with Gasteiger partial charge in [0.2, 0.25) is 0 Å². The summed E-state index contributed by atoms with van der Waals surface area (Å²) in [6.07, 6.45) is 1.03. The Labute approximate surface area is 60.9 Å². The monoisotopic (exact) mass is 143 g/mol. The molecule has 0 N–H and O–H groups in total. The fourth-order valence-corrected chi connectivity index (χ4v) is 1.12. The van der Waals surface area contributed by atoms with Gasteiger partial charge in [0.25, 0.3) is 0 Å². The van der Waals surface area contributed by atoms with E-state index in [2.05, 4.69) is 11.9 Å². The first-order valence-electron chi connectivity index (χ1n) is 3.76. The minimum absolute atomic E-state index is 0.517. The Morgan fingerprint density at radius 1 is 1.20 bits per heavy atom. The van der Waals surface area contributed by atoms with Crippen LogP contribution in [0.15, 0.2) is 0 Å². The van der Waals surface area contributed by atoms with Gasteiger partial charge in [-0.15, -0.1) is 0 Å². The largest absolute Gasteiger partial charge is 0.372 e. The Morgan fingerprint density at radius 3 is 1.90 bits per heavy atom. The van der Waals surface area contributed by atoms with Crippen molar-refractivity contribution >= 4 is 0 Å². The highest BCUT2D eigenvalue weighted by atomic mass is 16.6. The summed E-state index contributed by atoms with van der Waals surface area (Å²) >= 11 is 0. The maximum atomic E-state index is 5.10. The lowest BCUT2D eigenvalue weighted by Gasteiger charge is -2.12. The van der Waals surface area contributed by atoms with E-state index in [1.54, 1.807) is 0 Å². The van der Waals surface area contributed by atoms with Crippen LogP contribution in [0.3, 0.4) is 0 Å². The summed E-state index contributed by atoms with van der Waals surface area (Å²) in [5.74, 6) is 0. The Balaban J connectivity index is 1.60. The van der Waals surface area contributed by atoms with E-state index in [1.807, 2.05) is 0 Å². The molecular formula is C7H13NO2. The topological polar surface area (TPSA) is 28.3 Å². The minimum Gasteiger partial charge on any atom is -0.372 e. The molecule has 0 unspecified atom stereocenters. The van der Waals surface area contributed by atoms with Crippen molar-refractivity contribution in [3.63, 3.8) is 0 Å². The molecule has 0 bridgehead atoms. The van der Waals surface area contributed by atoms with Crippen molar-refractivity contribution in [2.24, 2.45) is 0 Å². The molecule has 3 heteroatoms. The zero-order valence-electron chi connectivity index (χ0n) is 6.25. The second kappa shape index (κ2) is 2.49. The average Bonchev–Trinajstić information content (AvgIpc) is 2.59. The molecule has 2 rings (SSSR count). The molecule has 2 aliphatic rings. The molecule has 2 aliphatic heterocycles. The highest BCUT2D eigenvalue weighted by Crippen LogP contribution is 2.13. The Kier molecular flexibility index (Phi) is 1.64. The van der Waals surface area contributed by atoms with Gasteiger partial charge in [0.15, 0.2) is 0 Å². The summed E-state index contributed by atoms with van der Waals surface area (Å²) in [6, 6.07) is 0. The predicted molar refractivity (Wildman–Crippen MR) is 37.0 cm³/mol. The molecule has 10 heavy (non-hydrogen) atoms. The molecule has 2 atom stereocenters. The zero-order chi connectivity index (χ0) is 6.97. The zero-order valence-corrected chi connectivity index (χ0v) is 6.25. The van der Waals surface area contributed by atoms with Gasteiger partial charge in [-0.1, -0.05) is 0 Å². The maximum Gasteiger partial charge on any atom is 0.0936 e. The maximum absolute atomic E-state index is 5.10. The summed E-state index contributed by atoms with van der Waals surface area (Å²) in [5, 5.41) is 0. The Hall–Kier alpha value is -0.120. The average molecular weight is 143 g/mol. The highest BCUT2D eigenvalue weighted by molar-refractivity contribution is 4.77. The van der Waals surface area contributed by atoms with E-state index in [9.17, 15) is 0 Å². The van der Waals surface area contributed by atoms with Gasteiger partial charge >= 0.3 is 0 Å². The van der Waals surface area contributed by atoms with E-state index >= 15 is 0 Å². The van der Waals surface area contributed by atoms with Crippen LogP contribution in [0.1, 0.15) is 0 Å². The smallest absolute Gasteiger partial charge is 0.0936 e. The number of epoxide rings is 2. The quantitative estimate of drug-likeness (QED) is 0.506. The second-order valence-corrected chi connectivity index (χ2v) is 3.13. The van der Waals surface area contributed by atoms with Crippen LogP contribution in [0.2, 0.25) is 0 Å². The second-order valence-electron chi connectivity index (χ2n) is 3.13. The molecule has 3 nitrogen and oxygen atoms in total. The molecule has 58 valence electrons. The van der Waals surface area contributed by atoms with Gasteiger partial charge in [-0.3, -0.25) is 0 Å². The van der Waals surface area contributed by atoms with E-state index in [1.165, 1.54) is 0 Å². The van der Waals surface area contributed by atoms with Gasteiger partial charge in [-0.25, -0.2) is 0 Å². The van der Waals surface area contributed by atoms with E-state index in [0.717, 1.165) is 26.3 Å². The van der Waals surface area contributed by atoms with E-state index in [-0.39, 0.29) is 0 Å². The van der Waals surface area contributed by atoms with E-state index in [4.69, 9.17) is 9.47 Å². The molecule has 0 amide bonds. The molecule has 2 saturated heterocycles. The van der Waals surface area contributed by atoms with Crippen LogP contribution < -0.4 is 0 Å². The van der Waals surface area contributed by atoms with Gasteiger partial charge < -0.3 is 14.4 Å². The lowest BCUT2D eigenvalue weighted by molar-refractivity contribution is 0.256. The van der Waals surface area contributed by atoms with Crippen molar-refractivity contribution in [1.82, 2.24) is 4.90 Å². The summed E-state index contributed by atoms with van der Waals surface area (Å²) in [5.41, 5.74) is 0. The third-order valence-corrected chi connectivity index (χ3v) is 1.84. The lowest BCUT2D eigenvalue weighted by Crippen LogP contribution is -2.27. The molecule has 0 aromatic carbocycles. The Bertz CT molecular complexity index is 107. The van der Waals surface area contributed by atoms with Crippen LogP contribution in [0.5, 0.6) is 0 Å². The first kappa shape index (κ1) is 6.58. The van der Waals surface area contributed by atoms with Crippen LogP contribution >= 0.6 is 0 Å². The van der Waals surface area contributed by atoms with Crippen molar-refractivity contribution in [2.75, 3.05) is 33.4 Å². The molecule has 0 saturated carbocycles. The van der Waals surface area contributed by atoms with Crippen molar-refractivity contribution in [2.45, 2.75) is 12.2 Å². The molecule has 2 heterocycles. The summed E-state index contributed by atoms with van der Waals surface area (Å²) < 4.78 is 10.2. The number of hydrogen-bond acceptors (Lipinski definition) is 3. The number of nitrogens with zero attached hydrogens (tertiary/aromatic N) is 1. The van der Waals surface area contributed by atoms with Gasteiger partial charge in [0.1, 0.15) is 0 Å². The predicted octanol–water partition coefficient (Wildman–Crippen LogP) is -0.284. The fraction of sp³-hybridized carbons (Fsp3) is 1.00. The lowest BCUT2D eigenvalue weighted by atomic mass is 10.4. The molecule has 0 aromatic rings. The van der Waals surface area contributed by atoms with Crippen LogP contribution in [-0.2, 0) is 9.47 Å². The van der Waals surface area contributed by atoms with Crippen LogP contribution in [0, 0.1) is 0 Å². The molecule has 0 radical (unpaired) electrons. The van der Waals surface area contributed by atoms with Gasteiger partial charge in [0.05, 0.1) is 25.4 Å². The number of hydrogen-bond donors (Lipinski definition) is 0. The van der Waals surface area contributed by atoms with Crippen molar-refractivity contribution in [1.29, 1.82) is 0 Å². The van der Waals surface area contributed by atoms with Gasteiger partial charge in [-0.05, 0) is 7.05 Å². The normalized spacial score (nSPS) is 36.6. The molecule has 2 fully saturated rings. The first-order chi connectivity index (χ1) is 4.84. The van der Waals surface area contributed by atoms with E-state index in [0.29, 0.717) is 12.2 Å². The summed E-state index contributed by atoms with van der Waals surface area (Å²) in [6.45, 7) is 4.05. The summed E-state index contributed by atoms with van der Waals surface area (Å²) in [4.78, 5) is 2.27. The summed E-state index contributed by atoms with van der Waals surface area (Å²) in [7, 11) is 2.11. The highest BCUT2D eigenvalue weighted by Gasteiger charge is 2.28. The van der Waals surface area contributed by atoms with Crippen LogP contribution in [-0.4, -0.2) is 50.5 Å². The van der Waals surface area contributed by atoms with E-state index < -0.39 is 0 Å². The van der Waals surface area contributed by atoms with Crippen molar-refractivity contribution < 1.29 is 9.47 Å². The van der Waals surface area contributed by atoms with Crippen LogP contribution in [0.25, 0.3) is 0 Å².